The number of rotatable bonds is 7. The van der Waals surface area contributed by atoms with Crippen molar-refractivity contribution in [3.63, 3.8) is 0 Å². The van der Waals surface area contributed by atoms with Gasteiger partial charge in [-0.05, 0) is 42.7 Å². The Labute approximate surface area is 187 Å². The highest BCUT2D eigenvalue weighted by molar-refractivity contribution is 7.89. The molecule has 9 nitrogen and oxygen atoms in total. The maximum atomic E-state index is 12.6. The molecule has 0 unspecified atom stereocenters. The van der Waals surface area contributed by atoms with Crippen LogP contribution in [-0.4, -0.2) is 43.5 Å². The predicted molar refractivity (Wildman–Crippen MR) is 118 cm³/mol. The summed E-state index contributed by atoms with van der Waals surface area (Å²) in [5, 5.41) is 2.72. The normalized spacial score (nSPS) is 15.0. The van der Waals surface area contributed by atoms with Crippen LogP contribution in [0, 0.1) is 0 Å². The fraction of sp³-hybridized carbons (Fsp3) is 0.318. The minimum Gasteiger partial charge on any atom is -0.349 e. The van der Waals surface area contributed by atoms with Crippen molar-refractivity contribution in [2.45, 2.75) is 37.1 Å². The van der Waals surface area contributed by atoms with Gasteiger partial charge < -0.3 is 5.32 Å². The van der Waals surface area contributed by atoms with Crippen molar-refractivity contribution < 1.29 is 22.8 Å². The predicted octanol–water partition coefficient (Wildman–Crippen LogP) is 1.50. The minimum atomic E-state index is -3.56. The van der Waals surface area contributed by atoms with Gasteiger partial charge in [0.2, 0.25) is 21.8 Å². The molecule has 1 saturated heterocycles. The van der Waals surface area contributed by atoms with E-state index in [4.69, 9.17) is 0 Å². The number of nitrogens with zero attached hydrogens (tertiary/aromatic N) is 1. The molecule has 2 aromatic carbocycles. The number of sulfonamides is 1. The Kier molecular flexibility index (Phi) is 7.60. The number of hydrogen-bond acceptors (Lipinski definition) is 5. The summed E-state index contributed by atoms with van der Waals surface area (Å²) in [6, 6.07) is 14.0. The second kappa shape index (κ2) is 10.4. The lowest BCUT2D eigenvalue weighted by Crippen LogP contribution is -2.43. The Morgan fingerprint density at radius 2 is 1.56 bits per heavy atom. The largest absolute Gasteiger partial charge is 0.349 e. The van der Waals surface area contributed by atoms with Gasteiger partial charge in [0.1, 0.15) is 0 Å². The monoisotopic (exact) mass is 458 g/mol. The highest BCUT2D eigenvalue weighted by Gasteiger charge is 2.27. The Hall–Kier alpha value is -3.24. The number of hydrazine groups is 1. The summed E-state index contributed by atoms with van der Waals surface area (Å²) in [5.41, 5.74) is 5.60. The van der Waals surface area contributed by atoms with Crippen LogP contribution in [0.1, 0.15) is 48.1 Å². The first-order valence-corrected chi connectivity index (χ1v) is 11.7. The van der Waals surface area contributed by atoms with E-state index in [9.17, 15) is 22.8 Å². The highest BCUT2D eigenvalue weighted by Crippen LogP contribution is 2.21. The second-order valence-electron chi connectivity index (χ2n) is 7.51. The van der Waals surface area contributed by atoms with Crippen LogP contribution >= 0.6 is 0 Å². The van der Waals surface area contributed by atoms with Gasteiger partial charge in [0, 0.05) is 25.6 Å². The van der Waals surface area contributed by atoms with E-state index in [1.165, 1.54) is 35.5 Å². The molecular formula is C22H26N4O5S. The molecule has 1 fully saturated rings. The molecule has 170 valence electrons. The minimum absolute atomic E-state index is 0.0725. The van der Waals surface area contributed by atoms with Crippen molar-refractivity contribution in [1.82, 2.24) is 20.5 Å². The van der Waals surface area contributed by atoms with E-state index in [1.54, 1.807) is 24.3 Å². The average Bonchev–Trinajstić information content (AvgIpc) is 3.33. The van der Waals surface area contributed by atoms with Gasteiger partial charge in [-0.1, -0.05) is 30.3 Å². The Bertz CT molecular complexity index is 1070. The van der Waals surface area contributed by atoms with Crippen molar-refractivity contribution in [2.75, 3.05) is 13.1 Å². The number of benzene rings is 2. The third-order valence-corrected chi connectivity index (χ3v) is 7.02. The molecule has 3 N–H and O–H groups in total. The molecule has 0 radical (unpaired) electrons. The molecule has 0 aromatic heterocycles. The zero-order valence-corrected chi connectivity index (χ0v) is 18.5. The number of amides is 3. The lowest BCUT2D eigenvalue weighted by molar-refractivity contribution is -0.123. The van der Waals surface area contributed by atoms with E-state index in [1.807, 2.05) is 6.07 Å². The number of carbonyl (C=O) groups excluding carboxylic acids is 3. The van der Waals surface area contributed by atoms with Gasteiger partial charge in [0.15, 0.2) is 0 Å². The van der Waals surface area contributed by atoms with Gasteiger partial charge in [0.05, 0.1) is 17.4 Å². The van der Waals surface area contributed by atoms with Crippen LogP contribution < -0.4 is 16.2 Å². The molecule has 0 bridgehead atoms. The van der Waals surface area contributed by atoms with Crippen LogP contribution in [0.3, 0.4) is 0 Å². The molecule has 3 amide bonds. The van der Waals surface area contributed by atoms with E-state index in [0.717, 1.165) is 18.4 Å². The molecule has 0 spiro atoms. The van der Waals surface area contributed by atoms with Crippen LogP contribution in [0.25, 0.3) is 0 Å². The Balaban J connectivity index is 1.57. The summed E-state index contributed by atoms with van der Waals surface area (Å²) in [7, 11) is -3.56. The van der Waals surface area contributed by atoms with Crippen LogP contribution in [0.4, 0.5) is 0 Å². The molecule has 3 rings (SSSR count). The van der Waals surface area contributed by atoms with Gasteiger partial charge in [0.25, 0.3) is 5.91 Å². The molecule has 0 saturated carbocycles. The van der Waals surface area contributed by atoms with Crippen molar-refractivity contribution in [1.29, 1.82) is 0 Å². The quantitative estimate of drug-likeness (QED) is 0.543. The van der Waals surface area contributed by atoms with Crippen LogP contribution in [0.2, 0.25) is 0 Å². The molecule has 1 heterocycles. The first-order valence-electron chi connectivity index (χ1n) is 10.3. The smallest absolute Gasteiger partial charge is 0.269 e. The van der Waals surface area contributed by atoms with Gasteiger partial charge >= 0.3 is 0 Å². The average molecular weight is 459 g/mol. The molecule has 0 aliphatic carbocycles. The first kappa shape index (κ1) is 23.4. The summed E-state index contributed by atoms with van der Waals surface area (Å²) in [4.78, 5) is 36.3. The maximum absolute atomic E-state index is 12.6. The van der Waals surface area contributed by atoms with E-state index in [2.05, 4.69) is 16.2 Å². The molecule has 1 atom stereocenters. The van der Waals surface area contributed by atoms with Crippen molar-refractivity contribution in [3.05, 3.63) is 65.7 Å². The van der Waals surface area contributed by atoms with Gasteiger partial charge in [-0.3, -0.25) is 25.2 Å². The number of nitrogens with one attached hydrogen (secondary N) is 3. The summed E-state index contributed by atoms with van der Waals surface area (Å²) in [6.45, 7) is 2.36. The molecule has 10 heteroatoms. The molecular weight excluding hydrogens is 432 g/mol. The summed E-state index contributed by atoms with van der Waals surface area (Å²) >= 11 is 0. The molecule has 1 aliphatic heterocycles. The topological polar surface area (TPSA) is 125 Å². The summed E-state index contributed by atoms with van der Waals surface area (Å²) in [5.74, 6) is -1.35. The lowest BCUT2D eigenvalue weighted by Gasteiger charge is -2.18. The maximum Gasteiger partial charge on any atom is 0.269 e. The van der Waals surface area contributed by atoms with Gasteiger partial charge in [-0.15, -0.1) is 0 Å². The standard InChI is InChI=1S/C22H26N4O5S/c1-16(27)23-20(17-7-3-2-4-8-17)15-21(28)24-25-22(29)18-9-11-19(12-10-18)32(30,31)26-13-5-6-14-26/h2-4,7-12,20H,5-6,13-15H2,1H3,(H,23,27)(H,24,28)(H,25,29)/t20-/m0/s1. The van der Waals surface area contributed by atoms with E-state index in [-0.39, 0.29) is 22.8 Å². The van der Waals surface area contributed by atoms with E-state index in [0.29, 0.717) is 13.1 Å². The molecule has 1 aliphatic rings. The highest BCUT2D eigenvalue weighted by atomic mass is 32.2. The second-order valence-corrected chi connectivity index (χ2v) is 9.44. The Morgan fingerprint density at radius 3 is 2.16 bits per heavy atom. The lowest BCUT2D eigenvalue weighted by atomic mass is 10.0. The SMILES string of the molecule is CC(=O)N[C@@H](CC(=O)NNC(=O)c1ccc(S(=O)(=O)N2CCCC2)cc1)c1ccccc1. The van der Waals surface area contributed by atoms with Gasteiger partial charge in [-0.25, -0.2) is 8.42 Å². The zero-order valence-electron chi connectivity index (χ0n) is 17.7. The molecule has 32 heavy (non-hydrogen) atoms. The summed E-state index contributed by atoms with van der Waals surface area (Å²) in [6.07, 6.45) is 1.61. The van der Waals surface area contributed by atoms with E-state index < -0.39 is 27.9 Å². The van der Waals surface area contributed by atoms with Crippen LogP contribution in [0.5, 0.6) is 0 Å². The van der Waals surface area contributed by atoms with Crippen molar-refractivity contribution >= 4 is 27.7 Å². The first-order chi connectivity index (χ1) is 15.3. The third-order valence-electron chi connectivity index (χ3n) is 5.10. The van der Waals surface area contributed by atoms with E-state index >= 15 is 0 Å². The molecule has 2 aromatic rings. The number of carbonyl (C=O) groups is 3. The third kappa shape index (κ3) is 5.92. The fourth-order valence-electron chi connectivity index (χ4n) is 3.47. The zero-order chi connectivity index (χ0) is 23.1. The van der Waals surface area contributed by atoms with Gasteiger partial charge in [-0.2, -0.15) is 4.31 Å². The van der Waals surface area contributed by atoms with Crippen molar-refractivity contribution in [2.24, 2.45) is 0 Å². The number of hydrogen-bond donors (Lipinski definition) is 3. The van der Waals surface area contributed by atoms with Crippen LogP contribution in [0.15, 0.2) is 59.5 Å². The Morgan fingerprint density at radius 1 is 0.938 bits per heavy atom. The summed E-state index contributed by atoms with van der Waals surface area (Å²) < 4.78 is 26.6. The fourth-order valence-corrected chi connectivity index (χ4v) is 4.99. The van der Waals surface area contributed by atoms with Crippen molar-refractivity contribution in [3.8, 4) is 0 Å². The van der Waals surface area contributed by atoms with Crippen LogP contribution in [-0.2, 0) is 19.6 Å².